The Morgan fingerprint density at radius 1 is 0.944 bits per heavy atom. The predicted molar refractivity (Wildman–Crippen MR) is 64.7 cm³/mol. The van der Waals surface area contributed by atoms with Crippen LogP contribution in [0.4, 0.5) is 0 Å². The first kappa shape index (κ1) is 15.4. The van der Waals surface area contributed by atoms with E-state index in [0.29, 0.717) is 0 Å². The van der Waals surface area contributed by atoms with Crippen molar-refractivity contribution in [2.45, 2.75) is 0 Å². The second-order valence-corrected chi connectivity index (χ2v) is 9.34. The third kappa shape index (κ3) is 4.90. The molecule has 1 heterocycles. The van der Waals surface area contributed by atoms with Crippen LogP contribution in [0.2, 0.25) is 0 Å². The SMILES string of the molecule is CP(=O)(O)CN1CC(=O)N(CP(C)(=O)O)CC1=O. The van der Waals surface area contributed by atoms with E-state index in [-0.39, 0.29) is 25.7 Å². The van der Waals surface area contributed by atoms with Crippen LogP contribution >= 0.6 is 14.7 Å². The molecule has 1 saturated heterocycles. The van der Waals surface area contributed by atoms with Crippen molar-refractivity contribution in [3.63, 3.8) is 0 Å². The summed E-state index contributed by atoms with van der Waals surface area (Å²) >= 11 is 0. The van der Waals surface area contributed by atoms with Crippen LogP contribution in [0.15, 0.2) is 0 Å². The molecule has 1 rings (SSSR count). The van der Waals surface area contributed by atoms with Gasteiger partial charge in [-0.15, -0.1) is 0 Å². The lowest BCUT2D eigenvalue weighted by Crippen LogP contribution is -2.53. The lowest BCUT2D eigenvalue weighted by atomic mass is 10.3. The van der Waals surface area contributed by atoms with Crippen LogP contribution in [0.3, 0.4) is 0 Å². The molecule has 0 spiro atoms. The molecule has 2 N–H and O–H groups in total. The fraction of sp³-hybridized carbons (Fsp3) is 0.750. The first-order chi connectivity index (χ1) is 7.98. The van der Waals surface area contributed by atoms with Crippen molar-refractivity contribution in [1.82, 2.24) is 9.80 Å². The molecular weight excluding hydrogens is 282 g/mol. The summed E-state index contributed by atoms with van der Waals surface area (Å²) in [5, 5.41) is 0. The Morgan fingerprint density at radius 2 is 1.22 bits per heavy atom. The summed E-state index contributed by atoms with van der Waals surface area (Å²) in [7, 11) is -6.86. The number of rotatable bonds is 4. The van der Waals surface area contributed by atoms with Crippen molar-refractivity contribution in [1.29, 1.82) is 0 Å². The van der Waals surface area contributed by atoms with E-state index in [0.717, 1.165) is 23.1 Å². The molecule has 2 amide bonds. The largest absolute Gasteiger partial charge is 0.343 e. The Kier molecular flexibility index (Phi) is 4.38. The van der Waals surface area contributed by atoms with Gasteiger partial charge in [-0.1, -0.05) is 0 Å². The Hall–Kier alpha value is -0.680. The van der Waals surface area contributed by atoms with Gasteiger partial charge in [0.15, 0.2) is 0 Å². The summed E-state index contributed by atoms with van der Waals surface area (Å²) < 4.78 is 22.4. The molecule has 0 aromatic rings. The minimum absolute atomic E-state index is 0.336. The Balaban J connectivity index is 2.71. The number of piperazine rings is 1. The zero-order valence-electron chi connectivity index (χ0n) is 10.1. The molecule has 1 aliphatic rings. The Bertz CT molecular complexity index is 411. The van der Waals surface area contributed by atoms with Crippen molar-refractivity contribution >= 4 is 26.6 Å². The molecule has 1 fully saturated rings. The van der Waals surface area contributed by atoms with Gasteiger partial charge in [-0.05, 0) is 0 Å². The summed E-state index contributed by atoms with van der Waals surface area (Å²) in [6, 6.07) is 0. The summed E-state index contributed by atoms with van der Waals surface area (Å²) in [5.41, 5.74) is 0. The predicted octanol–water partition coefficient (Wildman–Crippen LogP) is -0.627. The fourth-order valence-electron chi connectivity index (χ4n) is 1.59. The van der Waals surface area contributed by atoms with Crippen molar-refractivity contribution in [2.75, 3.05) is 39.0 Å². The number of carbonyl (C=O) groups excluding carboxylic acids is 2. The molecule has 10 heteroatoms. The van der Waals surface area contributed by atoms with Gasteiger partial charge in [0.25, 0.3) is 0 Å². The highest BCUT2D eigenvalue weighted by Crippen LogP contribution is 2.38. The molecule has 0 aliphatic carbocycles. The lowest BCUT2D eigenvalue weighted by molar-refractivity contribution is -0.148. The summed E-state index contributed by atoms with van der Waals surface area (Å²) in [5.74, 6) is -1.00. The van der Waals surface area contributed by atoms with Crippen molar-refractivity contribution in [2.24, 2.45) is 0 Å². The molecular formula is C8H16N2O6P2. The topological polar surface area (TPSA) is 115 Å². The molecule has 0 aromatic carbocycles. The summed E-state index contributed by atoms with van der Waals surface area (Å²) in [6.45, 7) is 1.53. The second-order valence-electron chi connectivity index (χ2n) is 4.57. The van der Waals surface area contributed by atoms with Crippen LogP contribution in [0.25, 0.3) is 0 Å². The average molecular weight is 298 g/mol. The van der Waals surface area contributed by atoms with E-state index in [1.807, 2.05) is 0 Å². The lowest BCUT2D eigenvalue weighted by Gasteiger charge is -2.34. The van der Waals surface area contributed by atoms with Gasteiger partial charge in [-0.25, -0.2) is 0 Å². The maximum Gasteiger partial charge on any atom is 0.243 e. The summed E-state index contributed by atoms with van der Waals surface area (Å²) in [6.07, 6.45) is -0.761. The monoisotopic (exact) mass is 298 g/mol. The van der Waals surface area contributed by atoms with Gasteiger partial charge in [0.2, 0.25) is 26.6 Å². The molecule has 18 heavy (non-hydrogen) atoms. The van der Waals surface area contributed by atoms with E-state index in [2.05, 4.69) is 0 Å². The van der Waals surface area contributed by atoms with Gasteiger partial charge in [-0.3, -0.25) is 18.7 Å². The first-order valence-corrected chi connectivity index (χ1v) is 9.70. The Morgan fingerprint density at radius 3 is 1.44 bits per heavy atom. The maximum atomic E-state index is 11.6. The van der Waals surface area contributed by atoms with Gasteiger partial charge in [0, 0.05) is 13.3 Å². The molecule has 0 saturated carbocycles. The molecule has 0 bridgehead atoms. The molecule has 0 aromatic heterocycles. The quantitative estimate of drug-likeness (QED) is 0.668. The highest BCUT2D eigenvalue weighted by molar-refractivity contribution is 7.57. The van der Waals surface area contributed by atoms with Gasteiger partial charge < -0.3 is 19.6 Å². The molecule has 1 aliphatic heterocycles. The number of nitrogens with zero attached hydrogens (tertiary/aromatic N) is 2. The average Bonchev–Trinajstić information content (AvgIpc) is 2.08. The van der Waals surface area contributed by atoms with E-state index in [1.165, 1.54) is 0 Å². The van der Waals surface area contributed by atoms with Crippen LogP contribution in [0.5, 0.6) is 0 Å². The van der Waals surface area contributed by atoms with E-state index in [9.17, 15) is 28.5 Å². The summed E-state index contributed by atoms with van der Waals surface area (Å²) in [4.78, 5) is 43.6. The zero-order valence-corrected chi connectivity index (χ0v) is 11.9. The highest BCUT2D eigenvalue weighted by atomic mass is 31.2. The van der Waals surface area contributed by atoms with E-state index < -0.39 is 26.6 Å². The number of carbonyl (C=O) groups is 2. The molecule has 2 atom stereocenters. The number of hydrogen-bond donors (Lipinski definition) is 2. The maximum absolute atomic E-state index is 11.6. The standard InChI is InChI=1S/C8H16N2O6P2/c1-17(13,14)5-9-3-8(12)10(4-7(9)11)6-18(2,15)16/h3-6H2,1-2H3,(H,13,14)(H,15,16). The van der Waals surface area contributed by atoms with Crippen molar-refractivity contribution < 1.29 is 28.5 Å². The van der Waals surface area contributed by atoms with Crippen LogP contribution in [-0.4, -0.2) is 70.4 Å². The zero-order chi connectivity index (χ0) is 14.1. The third-order valence-electron chi connectivity index (χ3n) is 2.22. The van der Waals surface area contributed by atoms with Crippen LogP contribution in [0, 0.1) is 0 Å². The highest BCUT2D eigenvalue weighted by Gasteiger charge is 2.34. The number of hydrogen-bond acceptors (Lipinski definition) is 4. The van der Waals surface area contributed by atoms with Crippen LogP contribution < -0.4 is 0 Å². The Labute approximate surface area is 104 Å². The van der Waals surface area contributed by atoms with Crippen molar-refractivity contribution in [3.05, 3.63) is 0 Å². The molecule has 0 radical (unpaired) electrons. The van der Waals surface area contributed by atoms with Gasteiger partial charge >= 0.3 is 0 Å². The molecule has 8 nitrogen and oxygen atoms in total. The van der Waals surface area contributed by atoms with E-state index in [1.54, 1.807) is 0 Å². The normalized spacial score (nSPS) is 23.8. The fourth-order valence-corrected chi connectivity index (χ4v) is 3.38. The van der Waals surface area contributed by atoms with Crippen molar-refractivity contribution in [3.8, 4) is 0 Å². The third-order valence-corrected chi connectivity index (χ3v) is 3.96. The smallest absolute Gasteiger partial charge is 0.243 e. The minimum atomic E-state index is -3.43. The first-order valence-electron chi connectivity index (χ1n) is 5.12. The number of amides is 2. The molecule has 2 unspecified atom stereocenters. The van der Waals surface area contributed by atoms with Crippen LogP contribution in [0.1, 0.15) is 0 Å². The van der Waals surface area contributed by atoms with E-state index >= 15 is 0 Å². The van der Waals surface area contributed by atoms with Gasteiger partial charge in [0.05, 0.1) is 12.6 Å². The second kappa shape index (κ2) is 5.13. The minimum Gasteiger partial charge on any atom is -0.343 e. The molecule has 104 valence electrons. The van der Waals surface area contributed by atoms with Gasteiger partial charge in [0.1, 0.15) is 13.1 Å². The van der Waals surface area contributed by atoms with Gasteiger partial charge in [-0.2, -0.15) is 0 Å². The van der Waals surface area contributed by atoms with Crippen LogP contribution in [-0.2, 0) is 18.7 Å². The van der Waals surface area contributed by atoms with E-state index in [4.69, 9.17) is 0 Å².